The lowest BCUT2D eigenvalue weighted by Gasteiger charge is -2.18. The van der Waals surface area contributed by atoms with Crippen molar-refractivity contribution in [3.63, 3.8) is 0 Å². The quantitative estimate of drug-likeness (QED) is 0.887. The highest BCUT2D eigenvalue weighted by atomic mass is 16.2. The summed E-state index contributed by atoms with van der Waals surface area (Å²) in [6.45, 7) is 6.20. The van der Waals surface area contributed by atoms with Crippen LogP contribution in [0.5, 0.6) is 0 Å². The van der Waals surface area contributed by atoms with Crippen molar-refractivity contribution in [2.24, 2.45) is 0 Å². The van der Waals surface area contributed by atoms with E-state index >= 15 is 0 Å². The maximum Gasteiger partial charge on any atom is 0.224 e. The molecule has 1 saturated heterocycles. The van der Waals surface area contributed by atoms with Crippen LogP contribution < -0.4 is 5.32 Å². The highest BCUT2D eigenvalue weighted by Gasteiger charge is 2.27. The third kappa shape index (κ3) is 3.43. The number of aromatic nitrogens is 4. The van der Waals surface area contributed by atoms with Crippen molar-refractivity contribution in [3.8, 4) is 0 Å². The first-order valence-corrected chi connectivity index (χ1v) is 9.48. The van der Waals surface area contributed by atoms with Crippen molar-refractivity contribution in [1.82, 2.24) is 24.6 Å². The Balaban J connectivity index is 1.31. The van der Waals surface area contributed by atoms with Crippen LogP contribution in [-0.2, 0) is 24.2 Å². The van der Waals surface area contributed by atoms with E-state index in [4.69, 9.17) is 0 Å². The van der Waals surface area contributed by atoms with Crippen LogP contribution in [0.15, 0.2) is 12.4 Å². The van der Waals surface area contributed by atoms with Crippen molar-refractivity contribution in [2.45, 2.75) is 58.5 Å². The smallest absolute Gasteiger partial charge is 0.224 e. The van der Waals surface area contributed by atoms with Gasteiger partial charge in [0.2, 0.25) is 5.91 Å². The molecular weight excluding hydrogens is 328 g/mol. The minimum absolute atomic E-state index is 0.203. The van der Waals surface area contributed by atoms with Gasteiger partial charge in [0.05, 0.1) is 5.69 Å². The van der Waals surface area contributed by atoms with Crippen LogP contribution in [0.2, 0.25) is 0 Å². The average Bonchev–Trinajstić information content (AvgIpc) is 3.33. The van der Waals surface area contributed by atoms with E-state index < -0.39 is 0 Å². The number of likely N-dealkylation sites (tertiary alicyclic amines) is 1. The number of carbonyl (C=O) groups excluding carboxylic acids is 1. The highest BCUT2D eigenvalue weighted by Crippen LogP contribution is 2.26. The third-order valence-corrected chi connectivity index (χ3v) is 5.40. The maximum absolute atomic E-state index is 12.6. The molecule has 1 aliphatic heterocycles. The SMILES string of the molecule is Cc1cc(C)n(CCC(=O)N2CC[C@@H](Nc3ncnc4c3CCC4)C2)n1. The van der Waals surface area contributed by atoms with E-state index in [1.807, 2.05) is 29.5 Å². The normalized spacial score (nSPS) is 19.0. The minimum atomic E-state index is 0.203. The predicted molar refractivity (Wildman–Crippen MR) is 99.0 cm³/mol. The van der Waals surface area contributed by atoms with Crippen molar-refractivity contribution < 1.29 is 4.79 Å². The number of amides is 1. The van der Waals surface area contributed by atoms with Gasteiger partial charge in [0.1, 0.15) is 12.1 Å². The van der Waals surface area contributed by atoms with E-state index in [0.29, 0.717) is 13.0 Å². The molecule has 2 aromatic heterocycles. The molecular formula is C19H26N6O. The van der Waals surface area contributed by atoms with Gasteiger partial charge < -0.3 is 10.2 Å². The molecule has 1 amide bonds. The summed E-state index contributed by atoms with van der Waals surface area (Å²) in [5.74, 6) is 1.17. The Kier molecular flexibility index (Phi) is 4.61. The van der Waals surface area contributed by atoms with Gasteiger partial charge in [-0.3, -0.25) is 9.48 Å². The van der Waals surface area contributed by atoms with Gasteiger partial charge in [-0.2, -0.15) is 5.10 Å². The molecule has 3 heterocycles. The van der Waals surface area contributed by atoms with E-state index in [1.54, 1.807) is 6.33 Å². The fourth-order valence-corrected chi connectivity index (χ4v) is 4.04. The Labute approximate surface area is 153 Å². The third-order valence-electron chi connectivity index (χ3n) is 5.40. The number of rotatable bonds is 5. The van der Waals surface area contributed by atoms with Gasteiger partial charge in [0.25, 0.3) is 0 Å². The summed E-state index contributed by atoms with van der Waals surface area (Å²) in [5.41, 5.74) is 4.55. The number of hydrogen-bond acceptors (Lipinski definition) is 5. The van der Waals surface area contributed by atoms with Crippen molar-refractivity contribution in [2.75, 3.05) is 18.4 Å². The van der Waals surface area contributed by atoms with E-state index in [0.717, 1.165) is 56.0 Å². The van der Waals surface area contributed by atoms with Gasteiger partial charge >= 0.3 is 0 Å². The molecule has 0 aromatic carbocycles. The number of nitrogens with zero attached hydrogens (tertiary/aromatic N) is 5. The van der Waals surface area contributed by atoms with Crippen molar-refractivity contribution in [3.05, 3.63) is 35.0 Å². The molecule has 0 saturated carbocycles. The Morgan fingerprint density at radius 3 is 3.00 bits per heavy atom. The second kappa shape index (κ2) is 7.05. The fourth-order valence-electron chi connectivity index (χ4n) is 4.04. The zero-order valence-corrected chi connectivity index (χ0v) is 15.5. The first kappa shape index (κ1) is 17.0. The van der Waals surface area contributed by atoms with Crippen LogP contribution >= 0.6 is 0 Å². The zero-order chi connectivity index (χ0) is 18.1. The van der Waals surface area contributed by atoms with Crippen LogP contribution in [-0.4, -0.2) is 49.7 Å². The molecule has 2 aliphatic rings. The van der Waals surface area contributed by atoms with Crippen LogP contribution in [0, 0.1) is 13.8 Å². The van der Waals surface area contributed by atoms with Crippen LogP contribution in [0.4, 0.5) is 5.82 Å². The Morgan fingerprint density at radius 1 is 1.31 bits per heavy atom. The molecule has 1 N–H and O–H groups in total. The van der Waals surface area contributed by atoms with Gasteiger partial charge in [-0.15, -0.1) is 0 Å². The molecule has 26 heavy (non-hydrogen) atoms. The zero-order valence-electron chi connectivity index (χ0n) is 15.5. The molecule has 0 bridgehead atoms. The molecule has 1 atom stereocenters. The monoisotopic (exact) mass is 354 g/mol. The predicted octanol–water partition coefficient (Wildman–Crippen LogP) is 1.88. The molecule has 2 aromatic rings. The lowest BCUT2D eigenvalue weighted by Crippen LogP contribution is -2.32. The van der Waals surface area contributed by atoms with Gasteiger partial charge in [-0.1, -0.05) is 0 Å². The van der Waals surface area contributed by atoms with E-state index in [-0.39, 0.29) is 11.9 Å². The molecule has 0 unspecified atom stereocenters. The van der Waals surface area contributed by atoms with E-state index in [9.17, 15) is 4.79 Å². The first-order chi connectivity index (χ1) is 12.6. The number of nitrogens with one attached hydrogen (secondary N) is 1. The molecule has 0 spiro atoms. The number of carbonyl (C=O) groups is 1. The first-order valence-electron chi connectivity index (χ1n) is 9.48. The van der Waals surface area contributed by atoms with Crippen LogP contribution in [0.1, 0.15) is 41.9 Å². The van der Waals surface area contributed by atoms with Crippen molar-refractivity contribution in [1.29, 1.82) is 0 Å². The lowest BCUT2D eigenvalue weighted by atomic mass is 10.2. The molecule has 4 rings (SSSR count). The number of fused-ring (bicyclic) bond motifs is 1. The second-order valence-electron chi connectivity index (χ2n) is 7.37. The number of aryl methyl sites for hydroxylation is 4. The summed E-state index contributed by atoms with van der Waals surface area (Å²) in [6, 6.07) is 2.31. The highest BCUT2D eigenvalue weighted by molar-refractivity contribution is 5.76. The van der Waals surface area contributed by atoms with Crippen molar-refractivity contribution >= 4 is 11.7 Å². The number of anilines is 1. The van der Waals surface area contributed by atoms with Crippen LogP contribution in [0.3, 0.4) is 0 Å². The molecule has 1 fully saturated rings. The summed E-state index contributed by atoms with van der Waals surface area (Å²) in [7, 11) is 0. The average molecular weight is 354 g/mol. The fraction of sp³-hybridized carbons (Fsp3) is 0.579. The Morgan fingerprint density at radius 2 is 2.19 bits per heavy atom. The topological polar surface area (TPSA) is 75.9 Å². The van der Waals surface area contributed by atoms with Crippen LogP contribution in [0.25, 0.3) is 0 Å². The van der Waals surface area contributed by atoms with E-state index in [2.05, 4.69) is 20.4 Å². The van der Waals surface area contributed by atoms with Gasteiger partial charge in [0.15, 0.2) is 0 Å². The largest absolute Gasteiger partial charge is 0.365 e. The molecule has 1 aliphatic carbocycles. The second-order valence-corrected chi connectivity index (χ2v) is 7.37. The summed E-state index contributed by atoms with van der Waals surface area (Å²) in [5, 5.41) is 7.98. The lowest BCUT2D eigenvalue weighted by molar-refractivity contribution is -0.130. The summed E-state index contributed by atoms with van der Waals surface area (Å²) < 4.78 is 1.92. The molecule has 138 valence electrons. The van der Waals surface area contributed by atoms with Gasteiger partial charge in [-0.05, 0) is 45.6 Å². The summed E-state index contributed by atoms with van der Waals surface area (Å²) in [6.07, 6.45) is 6.37. The Bertz CT molecular complexity index is 814. The maximum atomic E-state index is 12.6. The number of hydrogen-bond donors (Lipinski definition) is 1. The Hall–Kier alpha value is -2.44. The molecule has 7 heteroatoms. The van der Waals surface area contributed by atoms with Gasteiger partial charge in [0, 0.05) is 49.0 Å². The van der Waals surface area contributed by atoms with E-state index in [1.165, 1.54) is 11.3 Å². The summed E-state index contributed by atoms with van der Waals surface area (Å²) >= 11 is 0. The van der Waals surface area contributed by atoms with Gasteiger partial charge in [-0.25, -0.2) is 9.97 Å². The summed E-state index contributed by atoms with van der Waals surface area (Å²) in [4.78, 5) is 23.3. The molecule has 7 nitrogen and oxygen atoms in total. The molecule has 0 radical (unpaired) electrons. The minimum Gasteiger partial charge on any atom is -0.365 e. The standard InChI is InChI=1S/C19H26N6O/c1-13-10-14(2)25(23-13)9-7-18(26)24-8-6-15(11-24)22-19-16-4-3-5-17(16)20-12-21-19/h10,12,15H,3-9,11H2,1-2H3,(H,20,21,22)/t15-/m1/s1.